The van der Waals surface area contributed by atoms with Gasteiger partial charge in [-0.15, -0.1) is 0 Å². The number of para-hydroxylation sites is 2. The number of furan rings is 1. The summed E-state index contributed by atoms with van der Waals surface area (Å²) in [6.45, 7) is 0. The van der Waals surface area contributed by atoms with E-state index in [2.05, 4.69) is 221 Å². The minimum atomic E-state index is 0.828. The molecule has 0 aliphatic rings. The SMILES string of the molecule is c1ccc(-c2cc(-c3ccc(N(c4ccc5oc6ccncc6c5c4)c4ccc(-c5ccccc5)c5ccccc45)cc3)ccc2-n2c3ccccc3c3ccccc32)cc1. The first-order valence-corrected chi connectivity index (χ1v) is 20.7. The Morgan fingerprint density at radius 1 is 0.377 bits per heavy atom. The molecule has 0 unspecified atom stereocenters. The van der Waals surface area contributed by atoms with Crippen LogP contribution < -0.4 is 4.90 Å². The van der Waals surface area contributed by atoms with Gasteiger partial charge in [0.1, 0.15) is 11.2 Å². The van der Waals surface area contributed by atoms with Gasteiger partial charge in [0.2, 0.25) is 0 Å². The van der Waals surface area contributed by atoms with Gasteiger partial charge in [-0.05, 0) is 99.9 Å². The zero-order valence-corrected chi connectivity index (χ0v) is 33.1. The summed E-state index contributed by atoms with van der Waals surface area (Å²) in [5.41, 5.74) is 15.4. The number of anilines is 3. The second kappa shape index (κ2) is 14.3. The van der Waals surface area contributed by atoms with Crippen LogP contribution >= 0.6 is 0 Å². The fourth-order valence-electron chi connectivity index (χ4n) is 9.27. The first-order chi connectivity index (χ1) is 30.3. The molecule has 4 heteroatoms. The molecule has 3 heterocycles. The van der Waals surface area contributed by atoms with Crippen LogP contribution in [0.3, 0.4) is 0 Å². The molecular weight excluding hydrogens is 743 g/mol. The van der Waals surface area contributed by atoms with Crippen LogP contribution in [0.5, 0.6) is 0 Å². The zero-order valence-electron chi connectivity index (χ0n) is 33.1. The van der Waals surface area contributed by atoms with E-state index in [1.165, 1.54) is 54.8 Å². The third kappa shape index (κ3) is 5.80. The van der Waals surface area contributed by atoms with E-state index in [-0.39, 0.29) is 0 Å². The van der Waals surface area contributed by atoms with E-state index in [4.69, 9.17) is 4.42 Å². The van der Waals surface area contributed by atoms with Crippen LogP contribution in [0.15, 0.2) is 229 Å². The molecule has 0 amide bonds. The molecule has 0 saturated carbocycles. The number of nitrogens with zero attached hydrogens (tertiary/aromatic N) is 3. The Labute approximate surface area is 352 Å². The van der Waals surface area contributed by atoms with Gasteiger partial charge in [-0.25, -0.2) is 0 Å². The molecule has 286 valence electrons. The zero-order chi connectivity index (χ0) is 40.3. The van der Waals surface area contributed by atoms with E-state index < -0.39 is 0 Å². The van der Waals surface area contributed by atoms with Crippen LogP contribution in [0.1, 0.15) is 0 Å². The van der Waals surface area contributed by atoms with E-state index in [0.717, 1.165) is 55.8 Å². The van der Waals surface area contributed by atoms with Crippen molar-refractivity contribution in [3.8, 4) is 39.1 Å². The van der Waals surface area contributed by atoms with E-state index >= 15 is 0 Å². The average Bonchev–Trinajstić information content (AvgIpc) is 3.88. The highest BCUT2D eigenvalue weighted by Gasteiger charge is 2.21. The van der Waals surface area contributed by atoms with Crippen molar-refractivity contribution in [2.75, 3.05) is 4.90 Å². The van der Waals surface area contributed by atoms with Gasteiger partial charge in [0.05, 0.1) is 22.4 Å². The summed E-state index contributed by atoms with van der Waals surface area (Å²) in [5.74, 6) is 0. The summed E-state index contributed by atoms with van der Waals surface area (Å²) in [4.78, 5) is 6.81. The predicted molar refractivity (Wildman–Crippen MR) is 254 cm³/mol. The van der Waals surface area contributed by atoms with Gasteiger partial charge >= 0.3 is 0 Å². The molecule has 0 bridgehead atoms. The topological polar surface area (TPSA) is 34.2 Å². The molecule has 12 rings (SSSR count). The van der Waals surface area contributed by atoms with Gasteiger partial charge in [0.25, 0.3) is 0 Å². The first-order valence-electron chi connectivity index (χ1n) is 20.7. The Morgan fingerprint density at radius 2 is 0.967 bits per heavy atom. The van der Waals surface area contributed by atoms with Crippen LogP contribution in [-0.2, 0) is 0 Å². The average molecular weight is 780 g/mol. The Morgan fingerprint density at radius 3 is 1.69 bits per heavy atom. The Hall–Kier alpha value is -8.21. The quantitative estimate of drug-likeness (QED) is 0.162. The number of hydrogen-bond acceptors (Lipinski definition) is 3. The van der Waals surface area contributed by atoms with E-state index in [9.17, 15) is 0 Å². The van der Waals surface area contributed by atoms with Gasteiger partial charge in [-0.3, -0.25) is 4.98 Å². The van der Waals surface area contributed by atoms with Crippen molar-refractivity contribution in [1.29, 1.82) is 0 Å². The lowest BCUT2D eigenvalue weighted by Crippen LogP contribution is -2.10. The molecule has 0 fully saturated rings. The van der Waals surface area contributed by atoms with E-state index in [1.807, 2.05) is 12.3 Å². The van der Waals surface area contributed by atoms with Gasteiger partial charge in [-0.2, -0.15) is 0 Å². The van der Waals surface area contributed by atoms with Crippen LogP contribution in [0.2, 0.25) is 0 Å². The highest BCUT2D eigenvalue weighted by Crippen LogP contribution is 2.45. The summed E-state index contributed by atoms with van der Waals surface area (Å²) in [7, 11) is 0. The summed E-state index contributed by atoms with van der Waals surface area (Å²) in [5, 5.41) is 6.89. The fourth-order valence-corrected chi connectivity index (χ4v) is 9.27. The minimum absolute atomic E-state index is 0.828. The number of hydrogen-bond donors (Lipinski definition) is 0. The number of rotatable bonds is 7. The summed E-state index contributed by atoms with van der Waals surface area (Å²) < 4.78 is 8.67. The van der Waals surface area contributed by atoms with Gasteiger partial charge in [0.15, 0.2) is 0 Å². The van der Waals surface area contributed by atoms with Crippen molar-refractivity contribution in [3.05, 3.63) is 225 Å². The van der Waals surface area contributed by atoms with Crippen LogP contribution in [-0.4, -0.2) is 9.55 Å². The number of benzene rings is 9. The molecule has 0 N–H and O–H groups in total. The lowest BCUT2D eigenvalue weighted by molar-refractivity contribution is 0.668. The fraction of sp³-hybridized carbons (Fsp3) is 0. The summed E-state index contributed by atoms with van der Waals surface area (Å²) in [6, 6.07) is 76.4. The standard InChI is InChI=1S/C57H37N3O/c1-3-13-39(14-4-1)44-29-31-54(46-18-8-7-17-45(44)46)59(43-28-32-56-50(36-43)51-37-58-34-33-57(51)61-56)42-26-23-38(24-27-42)41-25-30-55(49(35-41)40-15-5-2-6-16-40)60-52-21-11-9-19-47(52)48-20-10-12-22-53(48)60/h1-37H. The van der Waals surface area contributed by atoms with Crippen molar-refractivity contribution >= 4 is 71.6 Å². The van der Waals surface area contributed by atoms with Gasteiger partial charge in [-0.1, -0.05) is 146 Å². The van der Waals surface area contributed by atoms with Gasteiger partial charge in [0, 0.05) is 56.3 Å². The number of fused-ring (bicyclic) bond motifs is 7. The molecule has 12 aromatic rings. The number of pyridine rings is 1. The smallest absolute Gasteiger partial charge is 0.138 e. The third-order valence-corrected chi connectivity index (χ3v) is 12.1. The monoisotopic (exact) mass is 779 g/mol. The normalized spacial score (nSPS) is 11.6. The molecule has 0 radical (unpaired) electrons. The molecule has 0 spiro atoms. The molecule has 0 saturated heterocycles. The highest BCUT2D eigenvalue weighted by atomic mass is 16.3. The minimum Gasteiger partial charge on any atom is -0.456 e. The largest absolute Gasteiger partial charge is 0.456 e. The van der Waals surface area contributed by atoms with Crippen molar-refractivity contribution in [1.82, 2.24) is 9.55 Å². The molecule has 0 aliphatic heterocycles. The van der Waals surface area contributed by atoms with Crippen molar-refractivity contribution in [2.45, 2.75) is 0 Å². The van der Waals surface area contributed by atoms with E-state index in [1.54, 1.807) is 6.20 Å². The predicted octanol–water partition coefficient (Wildman–Crippen LogP) is 15.7. The second-order valence-corrected chi connectivity index (χ2v) is 15.5. The maximum Gasteiger partial charge on any atom is 0.138 e. The van der Waals surface area contributed by atoms with Crippen LogP contribution in [0.4, 0.5) is 17.1 Å². The van der Waals surface area contributed by atoms with Crippen molar-refractivity contribution in [3.63, 3.8) is 0 Å². The van der Waals surface area contributed by atoms with Crippen LogP contribution in [0.25, 0.3) is 93.6 Å². The van der Waals surface area contributed by atoms with Crippen molar-refractivity contribution < 1.29 is 4.42 Å². The Balaban J connectivity index is 1.02. The van der Waals surface area contributed by atoms with Crippen LogP contribution in [0, 0.1) is 0 Å². The molecule has 0 atom stereocenters. The maximum absolute atomic E-state index is 6.25. The lowest BCUT2D eigenvalue weighted by atomic mass is 9.95. The Kier molecular flexibility index (Phi) is 8.13. The highest BCUT2D eigenvalue weighted by molar-refractivity contribution is 6.11. The Bertz CT molecular complexity index is 3530. The van der Waals surface area contributed by atoms with Crippen molar-refractivity contribution in [2.24, 2.45) is 0 Å². The molecule has 61 heavy (non-hydrogen) atoms. The molecule has 3 aromatic heterocycles. The van der Waals surface area contributed by atoms with Gasteiger partial charge < -0.3 is 13.9 Å². The molecule has 9 aromatic carbocycles. The number of aromatic nitrogens is 2. The molecular formula is C57H37N3O. The first kappa shape index (κ1) is 34.8. The maximum atomic E-state index is 6.25. The lowest BCUT2D eigenvalue weighted by Gasteiger charge is -2.28. The second-order valence-electron chi connectivity index (χ2n) is 15.5. The molecule has 0 aliphatic carbocycles. The summed E-state index contributed by atoms with van der Waals surface area (Å²) in [6.07, 6.45) is 3.67. The summed E-state index contributed by atoms with van der Waals surface area (Å²) >= 11 is 0. The molecule has 4 nitrogen and oxygen atoms in total. The third-order valence-electron chi connectivity index (χ3n) is 12.1. The van der Waals surface area contributed by atoms with E-state index in [0.29, 0.717) is 0 Å².